The van der Waals surface area contributed by atoms with Gasteiger partial charge < -0.3 is 19.4 Å². The third kappa shape index (κ3) is 5.24. The summed E-state index contributed by atoms with van der Waals surface area (Å²) in [6.07, 6.45) is 6.55. The number of carbonyl (C=O) groups is 3. The van der Waals surface area contributed by atoms with E-state index in [1.165, 1.54) is 15.8 Å². The Morgan fingerprint density at radius 3 is 2.70 bits per heavy atom. The number of amides is 2. The Bertz CT molecular complexity index is 1220. The van der Waals surface area contributed by atoms with Crippen LogP contribution in [0.5, 0.6) is 0 Å². The molecule has 198 valence electrons. The molecule has 2 aromatic rings. The number of anilines is 1. The van der Waals surface area contributed by atoms with Crippen LogP contribution in [0.4, 0.5) is 10.6 Å². The maximum atomic E-state index is 13.2. The number of hydrogen-bond donors (Lipinski definition) is 0. The van der Waals surface area contributed by atoms with Gasteiger partial charge in [-0.2, -0.15) is 5.26 Å². The molecular formula is C26H35N7O4. The summed E-state index contributed by atoms with van der Waals surface area (Å²) < 4.78 is 6.89. The van der Waals surface area contributed by atoms with Gasteiger partial charge in [0.25, 0.3) is 0 Å². The minimum absolute atomic E-state index is 0.00318. The van der Waals surface area contributed by atoms with Crippen LogP contribution in [-0.4, -0.2) is 88.6 Å². The van der Waals surface area contributed by atoms with Crippen molar-refractivity contribution in [1.82, 2.24) is 24.3 Å². The van der Waals surface area contributed by atoms with Crippen LogP contribution in [0.25, 0.3) is 11.0 Å². The predicted molar refractivity (Wildman–Crippen MR) is 137 cm³/mol. The lowest BCUT2D eigenvalue weighted by atomic mass is 9.70. The molecule has 1 aliphatic carbocycles. The maximum absolute atomic E-state index is 13.2. The predicted octanol–water partition coefficient (Wildman–Crippen LogP) is 2.65. The third-order valence-electron chi connectivity index (χ3n) is 7.94. The van der Waals surface area contributed by atoms with E-state index in [1.807, 2.05) is 31.0 Å². The van der Waals surface area contributed by atoms with Crippen molar-refractivity contribution in [3.05, 3.63) is 18.6 Å². The summed E-state index contributed by atoms with van der Waals surface area (Å²) in [7, 11) is 3.60. The highest BCUT2D eigenvalue weighted by atomic mass is 16.5. The number of rotatable bonds is 7. The average molecular weight is 510 g/mol. The van der Waals surface area contributed by atoms with E-state index in [2.05, 4.69) is 16.9 Å². The molecule has 37 heavy (non-hydrogen) atoms. The second kappa shape index (κ2) is 10.7. The second-order valence-corrected chi connectivity index (χ2v) is 10.5. The van der Waals surface area contributed by atoms with Gasteiger partial charge in [0.05, 0.1) is 29.5 Å². The first-order valence-corrected chi connectivity index (χ1v) is 12.8. The highest BCUT2D eigenvalue weighted by Gasteiger charge is 2.40. The molecule has 0 spiro atoms. The Hall–Kier alpha value is -3.68. The Kier molecular flexibility index (Phi) is 7.66. The van der Waals surface area contributed by atoms with Crippen molar-refractivity contribution >= 4 is 34.8 Å². The molecule has 11 heteroatoms. The first-order valence-electron chi connectivity index (χ1n) is 12.8. The van der Waals surface area contributed by atoms with E-state index < -0.39 is 0 Å². The quantitative estimate of drug-likeness (QED) is 0.522. The lowest BCUT2D eigenvalue weighted by molar-refractivity contribution is -0.160. The van der Waals surface area contributed by atoms with E-state index in [4.69, 9.17) is 10.00 Å². The normalized spacial score (nSPS) is 20.6. The van der Waals surface area contributed by atoms with Crippen LogP contribution in [0.15, 0.2) is 18.6 Å². The zero-order valence-corrected chi connectivity index (χ0v) is 22.0. The van der Waals surface area contributed by atoms with Crippen LogP contribution >= 0.6 is 0 Å². The Labute approximate surface area is 217 Å². The van der Waals surface area contributed by atoms with Gasteiger partial charge in [0.15, 0.2) is 5.65 Å². The van der Waals surface area contributed by atoms with Gasteiger partial charge >= 0.3 is 12.0 Å². The smallest absolute Gasteiger partial charge is 0.329 e. The largest absolute Gasteiger partial charge is 0.463 e. The van der Waals surface area contributed by atoms with E-state index in [0.29, 0.717) is 30.5 Å². The fourth-order valence-corrected chi connectivity index (χ4v) is 5.13. The fraction of sp³-hybridized carbons (Fsp3) is 0.615. The number of likely N-dealkylation sites (N-methyl/N-ethyl adjacent to an activating group) is 2. The molecule has 1 saturated heterocycles. The lowest BCUT2D eigenvalue weighted by Crippen LogP contribution is -2.52. The number of esters is 1. The summed E-state index contributed by atoms with van der Waals surface area (Å²) in [6, 6.07) is 3.47. The van der Waals surface area contributed by atoms with Crippen molar-refractivity contribution < 1.29 is 19.1 Å². The van der Waals surface area contributed by atoms with Gasteiger partial charge in [-0.3, -0.25) is 14.2 Å². The molecule has 2 fully saturated rings. The number of likely N-dealkylation sites (tertiary alicyclic amines) is 1. The molecule has 0 radical (unpaired) electrons. The number of piperidine rings is 1. The highest BCUT2D eigenvalue weighted by Crippen LogP contribution is 2.41. The standard InChI is InChI=1S/C26H35N7O4/c1-18-7-12-32(21(34)6-11-27)16-20(18)31(4)22-19-8-13-33(23(19)29-17-28-22)25(36)30(3)14-15-37-24(35)26(2)9-5-10-26/h8,13,17-18,20H,5-7,9-10,12,14-16H2,1-4H3/t18-,20+/m1/s1. The van der Waals surface area contributed by atoms with E-state index in [1.54, 1.807) is 18.1 Å². The van der Waals surface area contributed by atoms with Crippen molar-refractivity contribution in [3.8, 4) is 6.07 Å². The van der Waals surface area contributed by atoms with E-state index >= 15 is 0 Å². The van der Waals surface area contributed by atoms with Gasteiger partial charge in [-0.15, -0.1) is 0 Å². The van der Waals surface area contributed by atoms with Crippen molar-refractivity contribution in [3.63, 3.8) is 0 Å². The minimum Gasteiger partial charge on any atom is -0.463 e. The molecule has 2 atom stereocenters. The fourth-order valence-electron chi connectivity index (χ4n) is 5.13. The number of hydrogen-bond acceptors (Lipinski definition) is 8. The molecule has 11 nitrogen and oxygen atoms in total. The Balaban J connectivity index is 1.46. The van der Waals surface area contributed by atoms with Crippen LogP contribution in [0.2, 0.25) is 0 Å². The molecule has 2 aromatic heterocycles. The molecule has 2 aliphatic rings. The summed E-state index contributed by atoms with van der Waals surface area (Å²) in [5.74, 6) is 0.623. The van der Waals surface area contributed by atoms with Gasteiger partial charge in [0, 0.05) is 33.4 Å². The number of nitriles is 1. The monoisotopic (exact) mass is 509 g/mol. The molecule has 3 heterocycles. The van der Waals surface area contributed by atoms with Crippen LogP contribution in [-0.2, 0) is 14.3 Å². The molecule has 1 saturated carbocycles. The lowest BCUT2D eigenvalue weighted by Gasteiger charge is -2.42. The van der Waals surface area contributed by atoms with E-state index in [0.717, 1.165) is 31.1 Å². The van der Waals surface area contributed by atoms with Gasteiger partial charge in [-0.25, -0.2) is 14.8 Å². The number of ether oxygens (including phenoxy) is 1. The molecule has 0 bridgehead atoms. The number of aromatic nitrogens is 3. The minimum atomic E-state index is -0.381. The number of carbonyl (C=O) groups excluding carboxylic acids is 3. The summed E-state index contributed by atoms with van der Waals surface area (Å²) in [6.45, 7) is 5.61. The van der Waals surface area contributed by atoms with Gasteiger partial charge in [0.1, 0.15) is 25.2 Å². The zero-order chi connectivity index (χ0) is 26.7. The first-order chi connectivity index (χ1) is 17.7. The molecule has 4 rings (SSSR count). The topological polar surface area (TPSA) is 125 Å². The summed E-state index contributed by atoms with van der Waals surface area (Å²) in [5.41, 5.74) is 0.0996. The van der Waals surface area contributed by atoms with Crippen LogP contribution < -0.4 is 4.90 Å². The molecule has 2 amide bonds. The summed E-state index contributed by atoms with van der Waals surface area (Å²) >= 11 is 0. The van der Waals surface area contributed by atoms with E-state index in [9.17, 15) is 14.4 Å². The number of fused-ring (bicyclic) bond motifs is 1. The SMILES string of the molecule is C[C@@H]1CCN(C(=O)CC#N)C[C@@H]1N(C)c1ncnc2c1ccn2C(=O)N(C)CCOC(=O)C1(C)CCC1. The summed E-state index contributed by atoms with van der Waals surface area (Å²) in [4.78, 5) is 51.9. The van der Waals surface area contributed by atoms with Crippen LogP contribution in [0, 0.1) is 22.7 Å². The third-order valence-corrected chi connectivity index (χ3v) is 7.94. The second-order valence-electron chi connectivity index (χ2n) is 10.5. The average Bonchev–Trinajstić information content (AvgIpc) is 3.31. The molecule has 1 aliphatic heterocycles. The highest BCUT2D eigenvalue weighted by molar-refractivity contribution is 5.94. The first kappa shape index (κ1) is 26.4. The zero-order valence-electron chi connectivity index (χ0n) is 22.0. The Morgan fingerprint density at radius 2 is 2.03 bits per heavy atom. The van der Waals surface area contributed by atoms with Gasteiger partial charge in [0.2, 0.25) is 5.91 Å². The maximum Gasteiger partial charge on any atom is 0.329 e. The van der Waals surface area contributed by atoms with Crippen molar-refractivity contribution in [1.29, 1.82) is 5.26 Å². The van der Waals surface area contributed by atoms with Crippen molar-refractivity contribution in [2.24, 2.45) is 11.3 Å². The van der Waals surface area contributed by atoms with Crippen molar-refractivity contribution in [2.75, 3.05) is 45.2 Å². The number of nitrogens with zero attached hydrogens (tertiary/aromatic N) is 7. The van der Waals surface area contributed by atoms with E-state index in [-0.39, 0.29) is 48.9 Å². The van der Waals surface area contributed by atoms with Crippen LogP contribution in [0.3, 0.4) is 0 Å². The van der Waals surface area contributed by atoms with Gasteiger partial charge in [-0.1, -0.05) is 13.3 Å². The molecule has 0 unspecified atom stereocenters. The van der Waals surface area contributed by atoms with Gasteiger partial charge in [-0.05, 0) is 38.2 Å². The molecule has 0 aromatic carbocycles. The van der Waals surface area contributed by atoms with Crippen molar-refractivity contribution in [2.45, 2.75) is 52.0 Å². The molecular weight excluding hydrogens is 474 g/mol. The van der Waals surface area contributed by atoms with Crippen LogP contribution in [0.1, 0.15) is 46.0 Å². The molecule has 0 N–H and O–H groups in total. The Morgan fingerprint density at radius 1 is 1.27 bits per heavy atom. The summed E-state index contributed by atoms with van der Waals surface area (Å²) in [5, 5.41) is 9.64.